The van der Waals surface area contributed by atoms with E-state index in [1.165, 1.54) is 20.5 Å². The Balaban J connectivity index is 0.000000465. The number of aromatic nitrogens is 4. The van der Waals surface area contributed by atoms with Crippen LogP contribution >= 0.6 is 11.3 Å². The van der Waals surface area contributed by atoms with Gasteiger partial charge in [0.25, 0.3) is 6.47 Å². The largest absolute Gasteiger partial charge is 0.471 e. The lowest BCUT2D eigenvalue weighted by Gasteiger charge is -2.24. The zero-order valence-electron chi connectivity index (χ0n) is 31.2. The van der Waals surface area contributed by atoms with Crippen molar-refractivity contribution in [3.8, 4) is 11.8 Å². The van der Waals surface area contributed by atoms with Crippen molar-refractivity contribution >= 4 is 52.6 Å². The van der Waals surface area contributed by atoms with E-state index in [-0.39, 0.29) is 29.8 Å². The van der Waals surface area contributed by atoms with E-state index in [2.05, 4.69) is 75.6 Å². The van der Waals surface area contributed by atoms with Crippen LogP contribution < -0.4 is 16.4 Å². The molecule has 0 bridgehead atoms. The first-order valence-electron chi connectivity index (χ1n) is 17.0. The molecule has 16 heteroatoms. The molecule has 5 N–H and O–H groups in total. The van der Waals surface area contributed by atoms with Crippen molar-refractivity contribution in [3.63, 3.8) is 0 Å². The second-order valence-corrected chi connectivity index (χ2v) is 13.1. The molecule has 15 nitrogen and oxygen atoms in total. The number of rotatable bonds is 8. The Labute approximate surface area is 305 Å². The number of imidazole rings is 2. The van der Waals surface area contributed by atoms with Gasteiger partial charge in [-0.2, -0.15) is 0 Å². The molecule has 5 heterocycles. The minimum absolute atomic E-state index is 0.0205. The number of likely N-dealkylation sites (tertiary alicyclic amines) is 2. The Morgan fingerprint density at radius 2 is 1.73 bits per heavy atom. The number of carbonyl (C=O) groups is 5. The fraction of sp³-hybridized carbons (Fsp3) is 0.571. The number of nitrogens with zero attached hydrogens (tertiary/aromatic N) is 5. The van der Waals surface area contributed by atoms with Crippen LogP contribution in [0.5, 0.6) is 0 Å². The average Bonchev–Trinajstić information content (AvgIpc) is 3.91. The molecule has 0 unspecified atom stereocenters. The van der Waals surface area contributed by atoms with Crippen LogP contribution in [0.25, 0.3) is 4.96 Å². The summed E-state index contributed by atoms with van der Waals surface area (Å²) in [4.78, 5) is 70.2. The highest BCUT2D eigenvalue weighted by Gasteiger charge is 2.32. The second kappa shape index (κ2) is 24.4. The summed E-state index contributed by atoms with van der Waals surface area (Å²) in [6.45, 7) is 11.9. The van der Waals surface area contributed by atoms with E-state index in [0.29, 0.717) is 25.4 Å². The van der Waals surface area contributed by atoms with Gasteiger partial charge < -0.3 is 40.7 Å². The molecule has 51 heavy (non-hydrogen) atoms. The summed E-state index contributed by atoms with van der Waals surface area (Å²) in [6.07, 6.45) is 12.1. The number of nitrogens with two attached hydrogens (primary N) is 1. The summed E-state index contributed by atoms with van der Waals surface area (Å²) in [7, 11) is 4.89. The number of thiazole rings is 1. The molecule has 5 rings (SSSR count). The van der Waals surface area contributed by atoms with Gasteiger partial charge in [0.1, 0.15) is 23.6 Å². The highest BCUT2D eigenvalue weighted by Crippen LogP contribution is 2.31. The summed E-state index contributed by atoms with van der Waals surface area (Å²) >= 11 is 1.55. The number of methoxy groups -OCH3 is 1. The van der Waals surface area contributed by atoms with Crippen LogP contribution in [0.15, 0.2) is 18.6 Å². The van der Waals surface area contributed by atoms with Gasteiger partial charge in [0.15, 0.2) is 4.96 Å². The number of fused-ring (bicyclic) bond motifs is 1. The molecule has 0 spiro atoms. The number of aldehydes is 1. The molecule has 3 aromatic heterocycles. The summed E-state index contributed by atoms with van der Waals surface area (Å²) in [5, 5.41) is 5.81. The van der Waals surface area contributed by atoms with Crippen molar-refractivity contribution in [3.05, 3.63) is 35.0 Å². The van der Waals surface area contributed by atoms with E-state index in [0.717, 1.165) is 72.2 Å². The lowest BCUT2D eigenvalue weighted by molar-refractivity contribution is -0.133. The number of carbonyl (C=O) groups excluding carboxylic acids is 5. The Kier molecular flexibility index (Phi) is 21.2. The van der Waals surface area contributed by atoms with E-state index in [9.17, 15) is 19.2 Å². The molecule has 2 aliphatic rings. The normalized spacial score (nSPS) is 15.7. The first kappa shape index (κ1) is 44.3. The van der Waals surface area contributed by atoms with Crippen LogP contribution in [0.3, 0.4) is 0 Å². The molecule has 282 valence electrons. The van der Waals surface area contributed by atoms with E-state index in [1.54, 1.807) is 29.5 Å². The number of hydrogen-bond donors (Lipinski definition) is 4. The summed E-state index contributed by atoms with van der Waals surface area (Å²) in [5.41, 5.74) is 5.24. The topological polar surface area (TPSA) is 197 Å². The van der Waals surface area contributed by atoms with Crippen LogP contribution in [0.1, 0.15) is 95.6 Å². The van der Waals surface area contributed by atoms with Gasteiger partial charge in [-0.25, -0.2) is 9.97 Å². The van der Waals surface area contributed by atoms with E-state index < -0.39 is 0 Å². The minimum Gasteiger partial charge on any atom is -0.471 e. The zero-order valence-corrected chi connectivity index (χ0v) is 32.0. The number of hydrogen-bond acceptors (Lipinski definition) is 11. The number of H-pyrrole nitrogens is 1. The van der Waals surface area contributed by atoms with E-state index in [4.69, 9.17) is 4.79 Å². The van der Waals surface area contributed by atoms with Gasteiger partial charge in [-0.15, -0.1) is 0 Å². The monoisotopic (exact) mass is 729 g/mol. The van der Waals surface area contributed by atoms with Gasteiger partial charge >= 0.3 is 0 Å². The maximum absolute atomic E-state index is 12.5. The first-order valence-corrected chi connectivity index (χ1v) is 17.8. The third-order valence-corrected chi connectivity index (χ3v) is 7.91. The highest BCUT2D eigenvalue weighted by molar-refractivity contribution is 7.17. The SMILES string of the molecule is CC(N)=O.CCC.CNCC(=O)N1CCC[C@H]1C=O.CNc1cn2cc(C#Cc3cnc([C@@H]4CCCN4C(=O)CC(C)C)[nH]3)sc2n1.COC=O. The first-order chi connectivity index (χ1) is 24.4. The molecule has 0 aromatic carbocycles. The molecular weight excluding hydrogens is 675 g/mol. The Hall–Kier alpha value is -4.75. The third kappa shape index (κ3) is 15.8. The number of ether oxygens (including phenoxy) is 1. The molecule has 0 radical (unpaired) electrons. The summed E-state index contributed by atoms with van der Waals surface area (Å²) < 4.78 is 5.83. The maximum atomic E-state index is 12.5. The molecule has 0 saturated carbocycles. The highest BCUT2D eigenvalue weighted by atomic mass is 32.1. The molecule has 3 aromatic rings. The summed E-state index contributed by atoms with van der Waals surface area (Å²) in [5.74, 6) is 8.26. The van der Waals surface area contributed by atoms with Gasteiger partial charge in [0.05, 0.1) is 43.0 Å². The molecule has 2 fully saturated rings. The number of nitrogens with one attached hydrogen (secondary N) is 3. The molecule has 2 atom stereocenters. The fourth-order valence-electron chi connectivity index (χ4n) is 4.98. The summed E-state index contributed by atoms with van der Waals surface area (Å²) in [6, 6.07) is -0.141. The molecule has 2 saturated heterocycles. The van der Waals surface area contributed by atoms with Crippen LogP contribution in [0.4, 0.5) is 5.82 Å². The van der Waals surface area contributed by atoms with Gasteiger partial charge in [-0.05, 0) is 50.5 Å². The zero-order chi connectivity index (χ0) is 38.3. The van der Waals surface area contributed by atoms with Crippen molar-refractivity contribution in [2.75, 3.05) is 46.2 Å². The second-order valence-electron chi connectivity index (χ2n) is 12.0. The lowest BCUT2D eigenvalue weighted by atomic mass is 10.1. The fourth-order valence-corrected chi connectivity index (χ4v) is 5.80. The van der Waals surface area contributed by atoms with Crippen molar-refractivity contribution in [1.82, 2.24) is 34.5 Å². The van der Waals surface area contributed by atoms with Gasteiger partial charge in [0, 0.05) is 39.7 Å². The smallest absolute Gasteiger partial charge is 0.292 e. The number of amides is 3. The number of aromatic amines is 1. The Bertz CT molecular complexity index is 1540. The van der Waals surface area contributed by atoms with Crippen LogP contribution in [-0.2, 0) is 28.7 Å². The lowest BCUT2D eigenvalue weighted by Crippen LogP contribution is -2.40. The standard InChI is InChI=1S/C20H24N6OS.C8H14N2O2.C3H8.C2H5NO.C2H4O2/c1-13(2)9-18(27)26-8-4-5-16(26)19-22-10-14(23-19)6-7-15-11-25-12-17(21-3)24-20(25)28-15;1-9-5-8(12)10-4-2-3-7(10)6-11;1-3-2;1-2(3)4;1-4-2-3/h10-13,16,21H,4-5,8-9H2,1-3H3,(H,22,23);6-7,9H,2-5H2,1H3;3H2,1-2H3;1H3,(H2,3,4);2H,1H3/t16-;7-;;;/m00.../s1. The molecular formula is C35H55N9O6S. The Morgan fingerprint density at radius 1 is 1.10 bits per heavy atom. The van der Waals surface area contributed by atoms with Crippen molar-refractivity contribution < 1.29 is 28.7 Å². The van der Waals surface area contributed by atoms with E-state index in [1.807, 2.05) is 28.7 Å². The predicted octanol–water partition coefficient (Wildman–Crippen LogP) is 3.36. The minimum atomic E-state index is -0.333. The van der Waals surface area contributed by atoms with E-state index >= 15 is 0 Å². The van der Waals surface area contributed by atoms with Crippen LogP contribution in [-0.4, -0.2) is 107 Å². The average molecular weight is 730 g/mol. The Morgan fingerprint density at radius 3 is 2.27 bits per heavy atom. The van der Waals surface area contributed by atoms with Gasteiger partial charge in [-0.3, -0.25) is 23.6 Å². The quantitative estimate of drug-likeness (QED) is 0.197. The van der Waals surface area contributed by atoms with Crippen molar-refractivity contribution in [2.45, 2.75) is 85.2 Å². The van der Waals surface area contributed by atoms with Crippen LogP contribution in [0, 0.1) is 17.8 Å². The predicted molar refractivity (Wildman–Crippen MR) is 199 cm³/mol. The van der Waals surface area contributed by atoms with Crippen molar-refractivity contribution in [2.24, 2.45) is 11.7 Å². The van der Waals surface area contributed by atoms with Gasteiger partial charge in [-0.1, -0.05) is 45.5 Å². The molecule has 0 aliphatic carbocycles. The number of anilines is 1. The van der Waals surface area contributed by atoms with Crippen molar-refractivity contribution in [1.29, 1.82) is 0 Å². The molecule has 2 aliphatic heterocycles. The van der Waals surface area contributed by atoms with Crippen LogP contribution in [0.2, 0.25) is 0 Å². The molecule has 3 amide bonds. The number of primary amides is 1. The van der Waals surface area contributed by atoms with Gasteiger partial charge in [0.2, 0.25) is 17.7 Å². The third-order valence-electron chi connectivity index (χ3n) is 7.00. The maximum Gasteiger partial charge on any atom is 0.292 e. The number of likely N-dealkylation sites (N-methyl/N-ethyl adjacent to an activating group) is 1.